The first-order chi connectivity index (χ1) is 33.2. The van der Waals surface area contributed by atoms with Crippen molar-refractivity contribution in [1.82, 2.24) is 13.7 Å². The minimum Gasteiger partial charge on any atom is -0.521 e. The molecular weight excluding hydrogens is 821 g/mol. The van der Waals surface area contributed by atoms with Crippen LogP contribution in [0.5, 0.6) is 11.5 Å². The summed E-state index contributed by atoms with van der Waals surface area (Å²) in [5, 5.41) is 9.43. The Morgan fingerprint density at radius 3 is 1.25 bits per heavy atom. The van der Waals surface area contributed by atoms with Crippen molar-refractivity contribution >= 4 is 99.9 Å². The molecule has 0 fully saturated rings. The van der Waals surface area contributed by atoms with Crippen LogP contribution in [0.25, 0.3) is 127 Å². The molecule has 6 heterocycles. The molecule has 10 aromatic carbocycles. The molecule has 0 bridgehead atoms. The van der Waals surface area contributed by atoms with E-state index in [4.69, 9.17) is 13.7 Å². The summed E-state index contributed by atoms with van der Waals surface area (Å²) in [6.45, 7) is 0. The Labute approximate surface area is 382 Å². The van der Waals surface area contributed by atoms with E-state index in [0.717, 1.165) is 111 Å². The molecule has 0 saturated carbocycles. The van der Waals surface area contributed by atoms with Gasteiger partial charge in [-0.1, -0.05) is 109 Å². The van der Waals surface area contributed by atoms with E-state index in [0.29, 0.717) is 0 Å². The molecular formula is C60H34BN3O3. The molecule has 0 spiro atoms. The lowest BCUT2D eigenvalue weighted by atomic mass is 9.66. The SMILES string of the molecule is c1ccc2c(c1)oc1ccc3c4ccccc4n(-c4cc5c6c(c4)-c4ccc(-n7c8ccccc8c8ccccc87)cc4OB6Oc4cc(-n6c7ccccc7c7ccccc76)ccc4-5)c3c12. The van der Waals surface area contributed by atoms with Crippen molar-refractivity contribution in [3.63, 3.8) is 0 Å². The quantitative estimate of drug-likeness (QED) is 0.166. The monoisotopic (exact) mass is 855 g/mol. The van der Waals surface area contributed by atoms with Gasteiger partial charge in [-0.2, -0.15) is 0 Å². The van der Waals surface area contributed by atoms with Crippen molar-refractivity contribution in [2.24, 2.45) is 0 Å². The zero-order valence-corrected chi connectivity index (χ0v) is 35.8. The first-order valence-electron chi connectivity index (χ1n) is 22.8. The standard InChI is InChI=1S/C60H34BN3O3/c1-7-19-49-38(13-1)39-14-2-8-20-50(39)62(49)35-25-27-43-47-31-37(64-53-23-11-5-17-42(53)45-29-30-55-58(60(45)64)46-18-6-12-24-54(46)65-55)32-48-44-28-26-36(34-57(44)67-61(59(47)48)66-56(43)33-35)63-51-21-9-3-15-40(51)41-16-4-10-22-52(41)63/h1-34H. The molecule has 14 aromatic rings. The number of rotatable bonds is 3. The van der Waals surface area contributed by atoms with Gasteiger partial charge in [-0.25, -0.2) is 0 Å². The maximum absolute atomic E-state index is 7.14. The molecule has 0 saturated heterocycles. The fourth-order valence-corrected chi connectivity index (χ4v) is 11.7. The van der Waals surface area contributed by atoms with Crippen molar-refractivity contribution in [3.05, 3.63) is 206 Å². The van der Waals surface area contributed by atoms with Crippen LogP contribution in [0.3, 0.4) is 0 Å². The topological polar surface area (TPSA) is 46.4 Å². The molecule has 0 atom stereocenters. The lowest BCUT2D eigenvalue weighted by Crippen LogP contribution is -2.49. The summed E-state index contributed by atoms with van der Waals surface area (Å²) < 4.78 is 28.0. The molecule has 0 N–H and O–H groups in total. The van der Waals surface area contributed by atoms with E-state index in [2.05, 4.69) is 214 Å². The smallest absolute Gasteiger partial charge is 0.521 e. The number of hydrogen-bond acceptors (Lipinski definition) is 3. The van der Waals surface area contributed by atoms with Gasteiger partial charge < -0.3 is 27.4 Å². The van der Waals surface area contributed by atoms with E-state index in [1.54, 1.807) is 0 Å². The van der Waals surface area contributed by atoms with Crippen LogP contribution >= 0.6 is 0 Å². The number of nitrogens with zero attached hydrogens (tertiary/aromatic N) is 3. The summed E-state index contributed by atoms with van der Waals surface area (Å²) >= 11 is 0. The van der Waals surface area contributed by atoms with E-state index in [1.807, 2.05) is 6.07 Å². The van der Waals surface area contributed by atoms with Crippen molar-refractivity contribution in [2.75, 3.05) is 0 Å². The van der Waals surface area contributed by atoms with Gasteiger partial charge in [0.1, 0.15) is 22.7 Å². The first-order valence-corrected chi connectivity index (χ1v) is 22.8. The maximum atomic E-state index is 7.14. The highest BCUT2D eigenvalue weighted by Crippen LogP contribution is 2.48. The van der Waals surface area contributed by atoms with E-state index < -0.39 is 7.12 Å². The molecule has 2 aliphatic heterocycles. The van der Waals surface area contributed by atoms with Gasteiger partial charge in [0.2, 0.25) is 0 Å². The lowest BCUT2D eigenvalue weighted by Gasteiger charge is -2.33. The molecule has 16 rings (SSSR count). The summed E-state index contributed by atoms with van der Waals surface area (Å²) in [6.07, 6.45) is 0. The normalized spacial score (nSPS) is 13.0. The number of fused-ring (bicyclic) bond motifs is 17. The van der Waals surface area contributed by atoms with Gasteiger partial charge in [0.15, 0.2) is 0 Å². The van der Waals surface area contributed by atoms with Crippen LogP contribution in [0.4, 0.5) is 0 Å². The van der Waals surface area contributed by atoms with Gasteiger partial charge in [0, 0.05) is 83.5 Å². The Hall–Kier alpha value is -8.94. The van der Waals surface area contributed by atoms with Crippen LogP contribution in [0.2, 0.25) is 0 Å². The lowest BCUT2D eigenvalue weighted by molar-refractivity contribution is 0.436. The van der Waals surface area contributed by atoms with E-state index in [1.165, 1.54) is 32.3 Å². The molecule has 0 unspecified atom stereocenters. The highest BCUT2D eigenvalue weighted by molar-refractivity contribution is 6.68. The third-order valence-electron chi connectivity index (χ3n) is 14.5. The molecule has 7 heteroatoms. The van der Waals surface area contributed by atoms with Gasteiger partial charge >= 0.3 is 7.12 Å². The molecule has 0 aliphatic carbocycles. The van der Waals surface area contributed by atoms with Gasteiger partial charge in [-0.05, 0) is 96.1 Å². The van der Waals surface area contributed by atoms with Crippen molar-refractivity contribution in [3.8, 4) is 50.8 Å². The second-order valence-corrected chi connectivity index (χ2v) is 17.9. The highest BCUT2D eigenvalue weighted by Gasteiger charge is 2.42. The Morgan fingerprint density at radius 1 is 0.313 bits per heavy atom. The molecule has 0 radical (unpaired) electrons. The predicted octanol–water partition coefficient (Wildman–Crippen LogP) is 14.7. The largest absolute Gasteiger partial charge is 0.633 e. The number of aromatic nitrogens is 3. The highest BCUT2D eigenvalue weighted by atomic mass is 16.6. The number of hydrogen-bond donors (Lipinski definition) is 0. The van der Waals surface area contributed by atoms with Crippen LogP contribution in [-0.4, -0.2) is 20.8 Å². The second-order valence-electron chi connectivity index (χ2n) is 17.9. The molecule has 0 amide bonds. The predicted molar refractivity (Wildman–Crippen MR) is 274 cm³/mol. The molecule has 2 aliphatic rings. The number of furan rings is 1. The van der Waals surface area contributed by atoms with Crippen molar-refractivity contribution in [2.45, 2.75) is 0 Å². The second kappa shape index (κ2) is 12.9. The van der Waals surface area contributed by atoms with Crippen LogP contribution in [0, 0.1) is 0 Å². The number of para-hydroxylation sites is 6. The summed E-state index contributed by atoms with van der Waals surface area (Å²) in [5.41, 5.74) is 16.9. The molecule has 310 valence electrons. The van der Waals surface area contributed by atoms with Gasteiger partial charge in [-0.15, -0.1) is 0 Å². The summed E-state index contributed by atoms with van der Waals surface area (Å²) in [6, 6.07) is 74.0. The summed E-state index contributed by atoms with van der Waals surface area (Å²) in [5.74, 6) is 1.54. The maximum Gasteiger partial charge on any atom is 0.633 e. The van der Waals surface area contributed by atoms with Crippen LogP contribution in [0.15, 0.2) is 211 Å². The Balaban J connectivity index is 0.979. The van der Waals surface area contributed by atoms with Gasteiger partial charge in [0.05, 0.1) is 38.5 Å². The van der Waals surface area contributed by atoms with Crippen LogP contribution in [0.1, 0.15) is 0 Å². The zero-order valence-electron chi connectivity index (χ0n) is 35.8. The van der Waals surface area contributed by atoms with Crippen LogP contribution < -0.4 is 14.8 Å². The average Bonchev–Trinajstić information content (AvgIpc) is 4.12. The number of benzene rings is 10. The minimum absolute atomic E-state index is 0.691. The fraction of sp³-hybridized carbons (Fsp3) is 0. The summed E-state index contributed by atoms with van der Waals surface area (Å²) in [4.78, 5) is 0. The fourth-order valence-electron chi connectivity index (χ4n) is 11.7. The average molecular weight is 856 g/mol. The van der Waals surface area contributed by atoms with E-state index >= 15 is 0 Å². The van der Waals surface area contributed by atoms with Crippen LogP contribution in [-0.2, 0) is 0 Å². The third-order valence-corrected chi connectivity index (χ3v) is 14.5. The first kappa shape index (κ1) is 35.4. The van der Waals surface area contributed by atoms with Gasteiger partial charge in [-0.3, -0.25) is 0 Å². The van der Waals surface area contributed by atoms with E-state index in [9.17, 15) is 0 Å². The van der Waals surface area contributed by atoms with Crippen molar-refractivity contribution in [1.29, 1.82) is 0 Å². The Kier molecular flexibility index (Phi) is 6.80. The zero-order chi connectivity index (χ0) is 43.5. The Morgan fingerprint density at radius 2 is 0.746 bits per heavy atom. The minimum atomic E-state index is -0.691. The summed E-state index contributed by atoms with van der Waals surface area (Å²) in [7, 11) is -0.691. The molecule has 4 aromatic heterocycles. The Bertz CT molecular complexity index is 4200. The van der Waals surface area contributed by atoms with Gasteiger partial charge in [0.25, 0.3) is 0 Å². The molecule has 67 heavy (non-hydrogen) atoms. The molecule has 6 nitrogen and oxygen atoms in total. The van der Waals surface area contributed by atoms with E-state index in [-0.39, 0.29) is 0 Å². The van der Waals surface area contributed by atoms with Crippen molar-refractivity contribution < 1.29 is 13.7 Å². The third kappa shape index (κ3) is 4.69.